The van der Waals surface area contributed by atoms with Gasteiger partial charge in [0.1, 0.15) is 11.6 Å². The molecule has 0 aromatic heterocycles. The molecule has 5 nitrogen and oxygen atoms in total. The van der Waals surface area contributed by atoms with E-state index in [2.05, 4.69) is 10.6 Å². The molecular formula is C15H22ClF2N3O2. The van der Waals surface area contributed by atoms with Gasteiger partial charge in [-0.15, -0.1) is 12.4 Å². The number of benzene rings is 1. The number of hydrogen-bond donors (Lipinski definition) is 2. The van der Waals surface area contributed by atoms with Crippen molar-refractivity contribution in [3.05, 3.63) is 35.4 Å². The Kier molecular flexibility index (Phi) is 10.1. The van der Waals surface area contributed by atoms with Gasteiger partial charge in [-0.05, 0) is 25.6 Å². The maximum absolute atomic E-state index is 13.4. The van der Waals surface area contributed by atoms with Gasteiger partial charge in [0.05, 0.1) is 5.56 Å². The molecule has 0 heterocycles. The monoisotopic (exact) mass is 349 g/mol. The Balaban J connectivity index is 0.00000484. The number of carbonyl (C=O) groups excluding carboxylic acids is 2. The smallest absolute Gasteiger partial charge is 0.254 e. The van der Waals surface area contributed by atoms with Crippen LogP contribution < -0.4 is 10.6 Å². The molecule has 0 aliphatic carbocycles. The molecule has 0 atom stereocenters. The van der Waals surface area contributed by atoms with Crippen LogP contribution in [-0.4, -0.2) is 50.4 Å². The van der Waals surface area contributed by atoms with Crippen molar-refractivity contribution in [2.45, 2.75) is 12.8 Å². The van der Waals surface area contributed by atoms with Gasteiger partial charge in [-0.3, -0.25) is 9.59 Å². The number of nitrogens with one attached hydrogen (secondary N) is 2. The molecule has 0 unspecified atom stereocenters. The number of rotatable bonds is 8. The summed E-state index contributed by atoms with van der Waals surface area (Å²) in [7, 11) is 3.52. The van der Waals surface area contributed by atoms with Crippen molar-refractivity contribution < 1.29 is 18.4 Å². The predicted molar refractivity (Wildman–Crippen MR) is 86.7 cm³/mol. The fourth-order valence-corrected chi connectivity index (χ4v) is 1.81. The lowest BCUT2D eigenvalue weighted by molar-refractivity contribution is -0.129. The molecule has 0 aliphatic heterocycles. The lowest BCUT2D eigenvalue weighted by Gasteiger charge is -2.16. The number of halogens is 3. The van der Waals surface area contributed by atoms with E-state index in [9.17, 15) is 18.4 Å². The van der Waals surface area contributed by atoms with Crippen LogP contribution in [0.5, 0.6) is 0 Å². The molecule has 130 valence electrons. The number of amides is 2. The van der Waals surface area contributed by atoms with Crippen LogP contribution >= 0.6 is 12.4 Å². The Labute approximate surface area is 140 Å². The van der Waals surface area contributed by atoms with Crippen molar-refractivity contribution >= 4 is 24.2 Å². The van der Waals surface area contributed by atoms with E-state index in [4.69, 9.17) is 0 Å². The summed E-state index contributed by atoms with van der Waals surface area (Å²) in [4.78, 5) is 25.1. The first kappa shape index (κ1) is 21.3. The zero-order chi connectivity index (χ0) is 16.5. The van der Waals surface area contributed by atoms with Crippen LogP contribution in [0.1, 0.15) is 23.2 Å². The Hall–Kier alpha value is -1.73. The molecule has 8 heteroatoms. The van der Waals surface area contributed by atoms with Gasteiger partial charge in [-0.1, -0.05) is 0 Å². The Morgan fingerprint density at radius 2 is 1.91 bits per heavy atom. The SMILES string of the molecule is CNCCN(C)C(=O)CCCNC(=O)c1ccc(F)cc1F.Cl. The van der Waals surface area contributed by atoms with E-state index < -0.39 is 17.5 Å². The molecule has 1 aromatic carbocycles. The number of likely N-dealkylation sites (N-methyl/N-ethyl adjacent to an activating group) is 2. The van der Waals surface area contributed by atoms with E-state index in [0.29, 0.717) is 32.0 Å². The minimum atomic E-state index is -0.902. The summed E-state index contributed by atoms with van der Waals surface area (Å²) >= 11 is 0. The minimum Gasteiger partial charge on any atom is -0.352 e. The highest BCUT2D eigenvalue weighted by Crippen LogP contribution is 2.09. The molecule has 0 radical (unpaired) electrons. The van der Waals surface area contributed by atoms with Gasteiger partial charge < -0.3 is 15.5 Å². The molecule has 0 saturated heterocycles. The van der Waals surface area contributed by atoms with Crippen LogP contribution in [0.25, 0.3) is 0 Å². The summed E-state index contributed by atoms with van der Waals surface area (Å²) in [5.74, 6) is -2.27. The summed E-state index contributed by atoms with van der Waals surface area (Å²) in [5, 5.41) is 5.46. The van der Waals surface area contributed by atoms with E-state index in [1.54, 1.807) is 11.9 Å². The summed E-state index contributed by atoms with van der Waals surface area (Å²) in [5.41, 5.74) is -0.209. The summed E-state index contributed by atoms with van der Waals surface area (Å²) in [6, 6.07) is 2.78. The van der Waals surface area contributed by atoms with Gasteiger partial charge >= 0.3 is 0 Å². The predicted octanol–water partition coefficient (Wildman–Crippen LogP) is 1.57. The summed E-state index contributed by atoms with van der Waals surface area (Å²) < 4.78 is 26.1. The molecular weight excluding hydrogens is 328 g/mol. The zero-order valence-corrected chi connectivity index (χ0v) is 14.0. The van der Waals surface area contributed by atoms with Crippen LogP contribution in [0.4, 0.5) is 8.78 Å². The van der Waals surface area contributed by atoms with Crippen molar-refractivity contribution in [3.63, 3.8) is 0 Å². The lowest BCUT2D eigenvalue weighted by atomic mass is 10.2. The second-order valence-corrected chi connectivity index (χ2v) is 4.90. The summed E-state index contributed by atoms with van der Waals surface area (Å²) in [6.07, 6.45) is 0.754. The van der Waals surface area contributed by atoms with Gasteiger partial charge in [0.2, 0.25) is 5.91 Å². The van der Waals surface area contributed by atoms with Gasteiger partial charge in [-0.25, -0.2) is 8.78 Å². The van der Waals surface area contributed by atoms with Gasteiger partial charge in [0.25, 0.3) is 5.91 Å². The van der Waals surface area contributed by atoms with E-state index in [1.807, 2.05) is 7.05 Å². The summed E-state index contributed by atoms with van der Waals surface area (Å²) in [6.45, 7) is 1.58. The van der Waals surface area contributed by atoms with Crippen molar-refractivity contribution in [2.24, 2.45) is 0 Å². The highest BCUT2D eigenvalue weighted by molar-refractivity contribution is 5.94. The number of hydrogen-bond acceptors (Lipinski definition) is 3. The van der Waals surface area contributed by atoms with Crippen molar-refractivity contribution in [3.8, 4) is 0 Å². The molecule has 0 fully saturated rings. The third-order valence-electron chi connectivity index (χ3n) is 3.15. The second kappa shape index (κ2) is 10.9. The highest BCUT2D eigenvalue weighted by atomic mass is 35.5. The number of carbonyl (C=O) groups is 2. The quantitative estimate of drug-likeness (QED) is 0.700. The third-order valence-corrected chi connectivity index (χ3v) is 3.15. The lowest BCUT2D eigenvalue weighted by Crippen LogP contribution is -2.33. The maximum Gasteiger partial charge on any atom is 0.254 e. The van der Waals surface area contributed by atoms with Crippen LogP contribution in [0.2, 0.25) is 0 Å². The van der Waals surface area contributed by atoms with Gasteiger partial charge in [-0.2, -0.15) is 0 Å². The molecule has 2 N–H and O–H groups in total. The third kappa shape index (κ3) is 7.38. The van der Waals surface area contributed by atoms with Crippen LogP contribution in [0.3, 0.4) is 0 Å². The maximum atomic E-state index is 13.4. The Morgan fingerprint density at radius 1 is 1.22 bits per heavy atom. The molecule has 0 saturated carbocycles. The number of nitrogens with zero attached hydrogens (tertiary/aromatic N) is 1. The van der Waals surface area contributed by atoms with Crippen LogP contribution in [0, 0.1) is 11.6 Å². The first-order valence-electron chi connectivity index (χ1n) is 7.07. The van der Waals surface area contributed by atoms with Crippen molar-refractivity contribution in [2.75, 3.05) is 33.7 Å². The van der Waals surface area contributed by atoms with Crippen LogP contribution in [0.15, 0.2) is 18.2 Å². The molecule has 1 aromatic rings. The fourth-order valence-electron chi connectivity index (χ4n) is 1.81. The van der Waals surface area contributed by atoms with Gasteiger partial charge in [0.15, 0.2) is 0 Å². The van der Waals surface area contributed by atoms with Gasteiger partial charge in [0, 0.05) is 39.2 Å². The Morgan fingerprint density at radius 3 is 2.52 bits per heavy atom. The molecule has 23 heavy (non-hydrogen) atoms. The zero-order valence-electron chi connectivity index (χ0n) is 13.2. The molecule has 1 rings (SSSR count). The minimum absolute atomic E-state index is 0. The highest BCUT2D eigenvalue weighted by Gasteiger charge is 2.12. The molecule has 0 bridgehead atoms. The van der Waals surface area contributed by atoms with E-state index in [1.165, 1.54) is 0 Å². The van der Waals surface area contributed by atoms with Crippen LogP contribution in [-0.2, 0) is 4.79 Å². The molecule has 0 aliphatic rings. The first-order chi connectivity index (χ1) is 10.5. The standard InChI is InChI=1S/C15H21F2N3O2.ClH/c1-18-8-9-20(2)14(21)4-3-7-19-15(22)12-6-5-11(16)10-13(12)17;/h5-6,10,18H,3-4,7-9H2,1-2H3,(H,19,22);1H. The van der Waals surface area contributed by atoms with Crippen molar-refractivity contribution in [1.29, 1.82) is 0 Å². The van der Waals surface area contributed by atoms with Crippen molar-refractivity contribution in [1.82, 2.24) is 15.5 Å². The largest absolute Gasteiger partial charge is 0.352 e. The topological polar surface area (TPSA) is 61.4 Å². The average molecular weight is 350 g/mol. The van der Waals surface area contributed by atoms with E-state index in [0.717, 1.165) is 12.1 Å². The first-order valence-corrected chi connectivity index (χ1v) is 7.07. The molecule has 0 spiro atoms. The Bertz CT molecular complexity index is 529. The average Bonchev–Trinajstić information content (AvgIpc) is 2.48. The van der Waals surface area contributed by atoms with E-state index >= 15 is 0 Å². The fraction of sp³-hybridized carbons (Fsp3) is 0.467. The van der Waals surface area contributed by atoms with E-state index in [-0.39, 0.29) is 30.4 Å². The molecule has 2 amide bonds. The normalized spacial score (nSPS) is 9.91. The second-order valence-electron chi connectivity index (χ2n) is 4.90.